The monoisotopic (exact) mass is 364 g/mol. The van der Waals surface area contributed by atoms with Gasteiger partial charge >= 0.3 is 6.18 Å². The molecule has 0 atom stereocenters. The molecule has 0 saturated heterocycles. The number of alkyl halides is 3. The zero-order valence-electron chi connectivity index (χ0n) is 14.4. The van der Waals surface area contributed by atoms with Crippen molar-refractivity contribution in [2.24, 2.45) is 0 Å². The molecule has 2 amide bonds. The molecule has 0 aliphatic heterocycles. The Morgan fingerprint density at radius 2 is 1.58 bits per heavy atom. The minimum atomic E-state index is -4.43. The van der Waals surface area contributed by atoms with Crippen molar-refractivity contribution >= 4 is 17.5 Å². The van der Waals surface area contributed by atoms with Crippen LogP contribution in [0.2, 0.25) is 0 Å². The zero-order valence-corrected chi connectivity index (χ0v) is 14.4. The van der Waals surface area contributed by atoms with E-state index >= 15 is 0 Å². The van der Waals surface area contributed by atoms with Crippen LogP contribution in [0.1, 0.15) is 28.4 Å². The first kappa shape index (κ1) is 19.5. The fourth-order valence-electron chi connectivity index (χ4n) is 2.39. The van der Waals surface area contributed by atoms with E-state index in [1.54, 1.807) is 12.1 Å². The lowest BCUT2D eigenvalue weighted by molar-refractivity contribution is -0.137. The lowest BCUT2D eigenvalue weighted by Gasteiger charge is -2.22. The van der Waals surface area contributed by atoms with Crippen LogP contribution in [0, 0.1) is 6.92 Å². The van der Waals surface area contributed by atoms with Crippen LogP contribution in [0.5, 0.6) is 0 Å². The summed E-state index contributed by atoms with van der Waals surface area (Å²) in [5.41, 5.74) is 1.10. The molecule has 0 aromatic heterocycles. The normalized spacial score (nSPS) is 11.1. The van der Waals surface area contributed by atoms with Gasteiger partial charge in [0.15, 0.2) is 0 Å². The first-order valence-electron chi connectivity index (χ1n) is 7.98. The second kappa shape index (κ2) is 8.03. The molecule has 138 valence electrons. The van der Waals surface area contributed by atoms with Crippen molar-refractivity contribution in [2.75, 3.05) is 18.0 Å². The van der Waals surface area contributed by atoms with Gasteiger partial charge in [0.1, 0.15) is 0 Å². The van der Waals surface area contributed by atoms with E-state index in [2.05, 4.69) is 5.32 Å². The Bertz CT molecular complexity index is 769. The van der Waals surface area contributed by atoms with E-state index in [4.69, 9.17) is 0 Å². The number of rotatable bonds is 5. The minimum Gasteiger partial charge on any atom is -0.350 e. The van der Waals surface area contributed by atoms with Gasteiger partial charge in [-0.1, -0.05) is 17.7 Å². The van der Waals surface area contributed by atoms with Crippen molar-refractivity contribution in [2.45, 2.75) is 20.0 Å². The smallest absolute Gasteiger partial charge is 0.350 e. The number of carbonyl (C=O) groups is 2. The van der Waals surface area contributed by atoms with E-state index in [9.17, 15) is 22.8 Å². The molecule has 0 bridgehead atoms. The van der Waals surface area contributed by atoms with Gasteiger partial charge in [-0.15, -0.1) is 0 Å². The van der Waals surface area contributed by atoms with Gasteiger partial charge in [-0.25, -0.2) is 0 Å². The summed E-state index contributed by atoms with van der Waals surface area (Å²) in [7, 11) is 0. The van der Waals surface area contributed by atoms with Crippen LogP contribution in [0.4, 0.5) is 18.9 Å². The largest absolute Gasteiger partial charge is 0.416 e. The molecular weight excluding hydrogens is 345 g/mol. The summed E-state index contributed by atoms with van der Waals surface area (Å²) < 4.78 is 37.9. The Labute approximate surface area is 149 Å². The lowest BCUT2D eigenvalue weighted by atomic mass is 10.1. The van der Waals surface area contributed by atoms with Crippen molar-refractivity contribution in [3.63, 3.8) is 0 Å². The van der Waals surface area contributed by atoms with Crippen molar-refractivity contribution in [1.29, 1.82) is 0 Å². The molecule has 0 radical (unpaired) electrons. The molecule has 0 saturated carbocycles. The quantitative estimate of drug-likeness (QED) is 0.877. The molecule has 0 heterocycles. The van der Waals surface area contributed by atoms with Gasteiger partial charge in [0.25, 0.3) is 5.91 Å². The van der Waals surface area contributed by atoms with Crippen LogP contribution in [-0.2, 0) is 11.0 Å². The summed E-state index contributed by atoms with van der Waals surface area (Å²) in [5, 5.41) is 2.70. The van der Waals surface area contributed by atoms with Crippen molar-refractivity contribution in [1.82, 2.24) is 5.32 Å². The number of aryl methyl sites for hydroxylation is 1. The van der Waals surface area contributed by atoms with E-state index in [1.165, 1.54) is 24.0 Å². The van der Waals surface area contributed by atoms with Crippen LogP contribution >= 0.6 is 0 Å². The number of anilines is 1. The maximum absolute atomic E-state index is 12.6. The van der Waals surface area contributed by atoms with Crippen LogP contribution < -0.4 is 10.2 Å². The standard InChI is InChI=1S/C19H19F3N2O2/c1-13-3-5-15(6-4-13)18(26)23-11-12-24(14(2)25)17-9-7-16(8-10-17)19(20,21)22/h3-10H,11-12H2,1-2H3,(H,23,26). The molecule has 7 heteroatoms. The van der Waals surface area contributed by atoms with Crippen molar-refractivity contribution in [3.05, 3.63) is 65.2 Å². The van der Waals surface area contributed by atoms with Crippen LogP contribution in [0.15, 0.2) is 48.5 Å². The maximum atomic E-state index is 12.6. The number of carbonyl (C=O) groups excluding carboxylic acids is 2. The number of nitrogens with zero attached hydrogens (tertiary/aromatic N) is 1. The highest BCUT2D eigenvalue weighted by Crippen LogP contribution is 2.30. The second-order valence-electron chi connectivity index (χ2n) is 5.84. The van der Waals surface area contributed by atoms with Gasteiger partial charge in [0, 0.05) is 31.3 Å². The molecule has 2 aromatic rings. The Morgan fingerprint density at radius 3 is 2.08 bits per heavy atom. The van der Waals surface area contributed by atoms with Gasteiger partial charge in [-0.2, -0.15) is 13.2 Å². The summed E-state index contributed by atoms with van der Waals surface area (Å²) in [6.45, 7) is 3.56. The lowest BCUT2D eigenvalue weighted by Crippen LogP contribution is -2.37. The van der Waals surface area contributed by atoms with Gasteiger partial charge in [-0.3, -0.25) is 9.59 Å². The van der Waals surface area contributed by atoms with Gasteiger partial charge in [0.05, 0.1) is 5.56 Å². The summed E-state index contributed by atoms with van der Waals surface area (Å²) in [6, 6.07) is 11.4. The van der Waals surface area contributed by atoms with E-state index in [0.717, 1.165) is 17.7 Å². The first-order valence-corrected chi connectivity index (χ1v) is 7.98. The number of hydrogen-bond donors (Lipinski definition) is 1. The Morgan fingerprint density at radius 1 is 1.00 bits per heavy atom. The summed E-state index contributed by atoms with van der Waals surface area (Å²) in [6.07, 6.45) is -4.43. The van der Waals surface area contributed by atoms with E-state index in [1.807, 2.05) is 19.1 Å². The van der Waals surface area contributed by atoms with Crippen LogP contribution in [0.25, 0.3) is 0 Å². The Kier molecular flexibility index (Phi) is 6.02. The fraction of sp³-hybridized carbons (Fsp3) is 0.263. The minimum absolute atomic E-state index is 0.151. The number of amides is 2. The average Bonchev–Trinajstić information content (AvgIpc) is 2.58. The molecule has 0 aliphatic rings. The van der Waals surface area contributed by atoms with Crippen LogP contribution in [-0.4, -0.2) is 24.9 Å². The molecule has 0 unspecified atom stereocenters. The molecule has 1 N–H and O–H groups in total. The predicted octanol–water partition coefficient (Wildman–Crippen LogP) is 3.80. The molecular formula is C19H19F3N2O2. The third kappa shape index (κ3) is 5.08. The molecule has 0 aliphatic carbocycles. The molecule has 2 rings (SSSR count). The molecule has 0 spiro atoms. The van der Waals surface area contributed by atoms with Gasteiger partial charge in [-0.05, 0) is 43.3 Å². The summed E-state index contributed by atoms with van der Waals surface area (Å²) in [4.78, 5) is 25.2. The third-order valence-corrected chi connectivity index (χ3v) is 3.82. The van der Waals surface area contributed by atoms with E-state index in [-0.39, 0.29) is 24.9 Å². The van der Waals surface area contributed by atoms with Crippen molar-refractivity contribution < 1.29 is 22.8 Å². The SMILES string of the molecule is CC(=O)N(CCNC(=O)c1ccc(C)cc1)c1ccc(C(F)(F)F)cc1. The summed E-state index contributed by atoms with van der Waals surface area (Å²) >= 11 is 0. The Balaban J connectivity index is 1.99. The highest BCUT2D eigenvalue weighted by Gasteiger charge is 2.30. The molecule has 26 heavy (non-hydrogen) atoms. The second-order valence-corrected chi connectivity index (χ2v) is 5.84. The maximum Gasteiger partial charge on any atom is 0.416 e. The zero-order chi connectivity index (χ0) is 19.3. The third-order valence-electron chi connectivity index (χ3n) is 3.82. The highest BCUT2D eigenvalue weighted by molar-refractivity contribution is 5.94. The number of halogens is 3. The first-order chi connectivity index (χ1) is 12.2. The van der Waals surface area contributed by atoms with Crippen LogP contribution in [0.3, 0.4) is 0 Å². The topological polar surface area (TPSA) is 49.4 Å². The highest BCUT2D eigenvalue weighted by atomic mass is 19.4. The number of benzene rings is 2. The summed E-state index contributed by atoms with van der Waals surface area (Å²) in [5.74, 6) is -0.602. The van der Waals surface area contributed by atoms with Crippen molar-refractivity contribution in [3.8, 4) is 0 Å². The fourth-order valence-corrected chi connectivity index (χ4v) is 2.39. The molecule has 0 fully saturated rings. The number of hydrogen-bond acceptors (Lipinski definition) is 2. The average molecular weight is 364 g/mol. The van der Waals surface area contributed by atoms with E-state index in [0.29, 0.717) is 11.3 Å². The van der Waals surface area contributed by atoms with Gasteiger partial charge in [0.2, 0.25) is 5.91 Å². The van der Waals surface area contributed by atoms with E-state index < -0.39 is 11.7 Å². The Hall–Kier alpha value is -2.83. The predicted molar refractivity (Wildman–Crippen MR) is 93.0 cm³/mol. The molecule has 4 nitrogen and oxygen atoms in total. The molecule has 2 aromatic carbocycles. The van der Waals surface area contributed by atoms with Gasteiger partial charge < -0.3 is 10.2 Å². The number of nitrogens with one attached hydrogen (secondary N) is 1.